The van der Waals surface area contributed by atoms with Crippen LogP contribution in [0.2, 0.25) is 0 Å². The van der Waals surface area contributed by atoms with Gasteiger partial charge in [0.25, 0.3) is 0 Å². The van der Waals surface area contributed by atoms with Crippen LogP contribution in [0.4, 0.5) is 0 Å². The van der Waals surface area contributed by atoms with Gasteiger partial charge in [-0.1, -0.05) is 0 Å². The average molecular weight is 244 g/mol. The number of amides is 1. The summed E-state index contributed by atoms with van der Waals surface area (Å²) in [6.45, 7) is 6.36. The molecule has 1 N–H and O–H groups in total. The number of carbonyl (C=O) groups excluding carboxylic acids is 2. The first kappa shape index (κ1) is 13.9. The summed E-state index contributed by atoms with van der Waals surface area (Å²) in [5.41, 5.74) is -0.742. The van der Waals surface area contributed by atoms with Crippen LogP contribution in [0.1, 0.15) is 13.8 Å². The number of nitrogens with zero attached hydrogens (tertiary/aromatic N) is 2. The quantitative estimate of drug-likeness (QED) is 0.502. The Morgan fingerprint density at radius 3 is 2.18 bits per heavy atom. The van der Waals surface area contributed by atoms with Crippen LogP contribution in [0.3, 0.4) is 0 Å². The third-order valence-electron chi connectivity index (χ3n) is 2.63. The minimum absolute atomic E-state index is 0.490. The number of esters is 1. The number of carbonyl (C=O) groups is 2. The minimum atomic E-state index is -0.819. The molecule has 0 atom stereocenters. The van der Waals surface area contributed by atoms with Crippen LogP contribution in [0, 0.1) is 0 Å². The van der Waals surface area contributed by atoms with Crippen LogP contribution in [0.25, 0.3) is 0 Å². The van der Waals surface area contributed by atoms with Gasteiger partial charge in [-0.05, 0) is 13.8 Å². The third-order valence-corrected chi connectivity index (χ3v) is 2.63. The first-order chi connectivity index (χ1) is 7.83. The molecule has 0 spiro atoms. The van der Waals surface area contributed by atoms with Crippen molar-refractivity contribution in [2.75, 3.05) is 39.8 Å². The summed E-state index contributed by atoms with van der Waals surface area (Å²) in [4.78, 5) is 26.1. The Morgan fingerprint density at radius 2 is 1.76 bits per heavy atom. The maximum Gasteiger partial charge on any atom is 0.396 e. The van der Waals surface area contributed by atoms with Crippen LogP contribution >= 0.6 is 0 Å². The van der Waals surface area contributed by atoms with E-state index < -0.39 is 17.5 Å². The normalized spacial score (nSPS) is 18.0. The van der Waals surface area contributed by atoms with Crippen molar-refractivity contribution in [3.63, 3.8) is 0 Å². The van der Waals surface area contributed by atoms with Crippen molar-refractivity contribution >= 4 is 11.9 Å². The van der Waals surface area contributed by atoms with Crippen molar-refractivity contribution in [1.82, 2.24) is 9.80 Å². The molecular formula is C11H20N2O4. The Balaban J connectivity index is 2.41. The van der Waals surface area contributed by atoms with E-state index in [9.17, 15) is 14.7 Å². The predicted molar refractivity (Wildman–Crippen MR) is 61.3 cm³/mol. The highest BCUT2D eigenvalue weighted by Gasteiger charge is 2.28. The number of methoxy groups -OCH3 is 1. The average Bonchev–Trinajstić information content (AvgIpc) is 2.26. The highest BCUT2D eigenvalue weighted by molar-refractivity contribution is 6.32. The van der Waals surface area contributed by atoms with Crippen molar-refractivity contribution in [3.05, 3.63) is 0 Å². The van der Waals surface area contributed by atoms with Gasteiger partial charge in [0.15, 0.2) is 0 Å². The molecule has 1 aliphatic heterocycles. The molecule has 0 bridgehead atoms. The lowest BCUT2D eigenvalue weighted by Gasteiger charge is -2.36. The summed E-state index contributed by atoms with van der Waals surface area (Å²) in [6.07, 6.45) is 0. The topological polar surface area (TPSA) is 70.1 Å². The van der Waals surface area contributed by atoms with Gasteiger partial charge in [0.05, 0.1) is 12.7 Å². The van der Waals surface area contributed by atoms with E-state index in [1.807, 2.05) is 0 Å². The smallest absolute Gasteiger partial charge is 0.396 e. The minimum Gasteiger partial charge on any atom is -0.462 e. The van der Waals surface area contributed by atoms with Crippen LogP contribution in [0.15, 0.2) is 0 Å². The van der Waals surface area contributed by atoms with Gasteiger partial charge in [0.1, 0.15) is 0 Å². The van der Waals surface area contributed by atoms with E-state index in [2.05, 4.69) is 9.64 Å². The monoisotopic (exact) mass is 244 g/mol. The molecule has 1 fully saturated rings. The van der Waals surface area contributed by atoms with E-state index in [1.54, 1.807) is 13.8 Å². The highest BCUT2D eigenvalue weighted by Crippen LogP contribution is 2.08. The molecule has 17 heavy (non-hydrogen) atoms. The highest BCUT2D eigenvalue weighted by atomic mass is 16.5. The molecule has 1 amide bonds. The Kier molecular flexibility index (Phi) is 4.47. The molecule has 1 aliphatic rings. The molecule has 0 saturated carbocycles. The summed E-state index contributed by atoms with van der Waals surface area (Å²) in [6, 6.07) is 0. The SMILES string of the molecule is COC(=O)C(=O)N1CCN(CC(C)(C)O)CC1. The number of rotatable bonds is 2. The predicted octanol–water partition coefficient (Wildman–Crippen LogP) is -0.925. The van der Waals surface area contributed by atoms with Crippen molar-refractivity contribution in [1.29, 1.82) is 0 Å². The first-order valence-electron chi connectivity index (χ1n) is 5.65. The van der Waals surface area contributed by atoms with Gasteiger partial charge in [0.2, 0.25) is 0 Å². The zero-order valence-corrected chi connectivity index (χ0v) is 10.6. The maximum atomic E-state index is 11.5. The fourth-order valence-electron chi connectivity index (χ4n) is 1.87. The van der Waals surface area contributed by atoms with Gasteiger partial charge in [-0.2, -0.15) is 0 Å². The molecule has 1 saturated heterocycles. The summed E-state index contributed by atoms with van der Waals surface area (Å²) in [7, 11) is 1.20. The summed E-state index contributed by atoms with van der Waals surface area (Å²) >= 11 is 0. The number of aliphatic hydroxyl groups is 1. The molecule has 0 aliphatic carbocycles. The summed E-state index contributed by atoms with van der Waals surface area (Å²) < 4.78 is 4.39. The van der Waals surface area contributed by atoms with E-state index in [0.717, 1.165) is 0 Å². The third kappa shape index (κ3) is 4.32. The molecule has 6 nitrogen and oxygen atoms in total. The zero-order valence-electron chi connectivity index (χ0n) is 10.6. The molecular weight excluding hydrogens is 224 g/mol. The molecule has 0 unspecified atom stereocenters. The van der Waals surface area contributed by atoms with E-state index in [0.29, 0.717) is 32.7 Å². The second kappa shape index (κ2) is 5.46. The lowest BCUT2D eigenvalue weighted by Crippen LogP contribution is -2.53. The number of ether oxygens (including phenoxy) is 1. The van der Waals surface area contributed by atoms with Gasteiger partial charge in [-0.3, -0.25) is 9.69 Å². The van der Waals surface area contributed by atoms with Crippen molar-refractivity contribution in [2.24, 2.45) is 0 Å². The van der Waals surface area contributed by atoms with Crippen molar-refractivity contribution in [2.45, 2.75) is 19.4 Å². The Morgan fingerprint density at radius 1 is 1.24 bits per heavy atom. The van der Waals surface area contributed by atoms with Crippen LogP contribution in [-0.2, 0) is 14.3 Å². The van der Waals surface area contributed by atoms with Crippen molar-refractivity contribution in [3.8, 4) is 0 Å². The molecule has 0 aromatic rings. The lowest BCUT2D eigenvalue weighted by atomic mass is 10.1. The number of hydrogen-bond donors (Lipinski definition) is 1. The van der Waals surface area contributed by atoms with Crippen molar-refractivity contribution < 1.29 is 19.4 Å². The summed E-state index contributed by atoms with van der Waals surface area (Å²) in [5.74, 6) is -1.41. The Hall–Kier alpha value is -1.14. The van der Waals surface area contributed by atoms with Gasteiger partial charge in [0, 0.05) is 32.7 Å². The van der Waals surface area contributed by atoms with Gasteiger partial charge in [-0.15, -0.1) is 0 Å². The number of piperazine rings is 1. The lowest BCUT2D eigenvalue weighted by molar-refractivity contribution is -0.159. The Bertz CT molecular complexity index is 290. The second-order valence-corrected chi connectivity index (χ2v) is 4.87. The molecule has 1 heterocycles. The van der Waals surface area contributed by atoms with Crippen LogP contribution in [-0.4, -0.2) is 72.2 Å². The fraction of sp³-hybridized carbons (Fsp3) is 0.818. The van der Waals surface area contributed by atoms with Gasteiger partial charge in [-0.25, -0.2) is 4.79 Å². The molecule has 0 radical (unpaired) electrons. The van der Waals surface area contributed by atoms with Gasteiger partial charge >= 0.3 is 11.9 Å². The zero-order chi connectivity index (χ0) is 13.1. The molecule has 1 rings (SSSR count). The number of hydrogen-bond acceptors (Lipinski definition) is 5. The van der Waals surface area contributed by atoms with Crippen LogP contribution < -0.4 is 0 Å². The second-order valence-electron chi connectivity index (χ2n) is 4.87. The standard InChI is InChI=1S/C11H20N2O4/c1-11(2,16)8-12-4-6-13(7-5-12)9(14)10(15)17-3/h16H,4-8H2,1-3H3. The first-order valence-corrected chi connectivity index (χ1v) is 5.65. The maximum absolute atomic E-state index is 11.5. The molecule has 0 aromatic heterocycles. The van der Waals surface area contributed by atoms with E-state index in [4.69, 9.17) is 0 Å². The fourth-order valence-corrected chi connectivity index (χ4v) is 1.87. The molecule has 98 valence electrons. The largest absolute Gasteiger partial charge is 0.462 e. The van der Waals surface area contributed by atoms with E-state index in [1.165, 1.54) is 12.0 Å². The van der Waals surface area contributed by atoms with Gasteiger partial charge < -0.3 is 14.7 Å². The van der Waals surface area contributed by atoms with E-state index in [-0.39, 0.29) is 0 Å². The molecule has 0 aromatic carbocycles. The van der Waals surface area contributed by atoms with Crippen LogP contribution in [0.5, 0.6) is 0 Å². The Labute approximate surface area is 101 Å². The summed E-state index contributed by atoms with van der Waals surface area (Å²) in [5, 5.41) is 9.67. The van der Waals surface area contributed by atoms with E-state index >= 15 is 0 Å². The number of β-amino-alcohol motifs (C(OH)–C–C–N with tert-alkyl or cyclic N) is 1. The molecule has 6 heteroatoms.